The lowest BCUT2D eigenvalue weighted by Gasteiger charge is -2.14. The molecule has 0 aliphatic rings. The van der Waals surface area contributed by atoms with E-state index in [4.69, 9.17) is 4.84 Å². The molecular formula is C10H20N2O2. The highest BCUT2D eigenvalue weighted by molar-refractivity contribution is 5.81. The average Bonchev–Trinajstić information content (AvgIpc) is 2.13. The van der Waals surface area contributed by atoms with Crippen molar-refractivity contribution in [3.05, 3.63) is 12.7 Å². The molecule has 1 atom stereocenters. The van der Waals surface area contributed by atoms with Gasteiger partial charge in [-0.05, 0) is 12.8 Å². The summed E-state index contributed by atoms with van der Waals surface area (Å²) in [5.74, 6) is 0.361. The van der Waals surface area contributed by atoms with Crippen LogP contribution in [0.3, 0.4) is 0 Å². The fraction of sp³-hybridized carbons (Fsp3) is 0.700. The van der Waals surface area contributed by atoms with Gasteiger partial charge >= 0.3 is 0 Å². The maximum absolute atomic E-state index is 11.3. The number of carbonyl (C=O) groups is 1. The minimum atomic E-state index is -0.339. The van der Waals surface area contributed by atoms with Gasteiger partial charge in [0.25, 0.3) is 0 Å². The molecule has 0 radical (unpaired) electrons. The van der Waals surface area contributed by atoms with E-state index in [-0.39, 0.29) is 11.9 Å². The quantitative estimate of drug-likeness (QED) is 0.473. The van der Waals surface area contributed by atoms with E-state index in [9.17, 15) is 4.79 Å². The Labute approximate surface area is 85.7 Å². The molecule has 4 nitrogen and oxygen atoms in total. The Hall–Kier alpha value is -0.870. The van der Waals surface area contributed by atoms with Crippen molar-refractivity contribution in [3.8, 4) is 0 Å². The van der Waals surface area contributed by atoms with Gasteiger partial charge < -0.3 is 10.2 Å². The van der Waals surface area contributed by atoms with Crippen LogP contribution in [-0.2, 0) is 9.63 Å². The van der Waals surface area contributed by atoms with Gasteiger partial charge in [0.05, 0.1) is 6.61 Å². The number of carbonyl (C=O) groups excluding carboxylic acids is 1. The number of hydrogen-bond acceptors (Lipinski definition) is 3. The first-order valence-electron chi connectivity index (χ1n) is 4.83. The second kappa shape index (κ2) is 7.53. The zero-order chi connectivity index (χ0) is 11.0. The molecule has 0 saturated carbocycles. The standard InChI is InChI=1S/C10H20N2O2/c1-5-6-11-10(13)9(4)12-14-7-8(2)3/h5,8-9,12H,1,6-7H2,2-4H3,(H,11,13). The Kier molecular flexibility index (Phi) is 7.06. The number of rotatable bonds is 7. The van der Waals surface area contributed by atoms with Crippen LogP contribution >= 0.6 is 0 Å². The summed E-state index contributed by atoms with van der Waals surface area (Å²) in [6, 6.07) is -0.339. The highest BCUT2D eigenvalue weighted by atomic mass is 16.6. The number of amides is 1. The molecule has 0 aromatic carbocycles. The summed E-state index contributed by atoms with van der Waals surface area (Å²) in [5, 5.41) is 2.67. The van der Waals surface area contributed by atoms with Gasteiger partial charge in [0.1, 0.15) is 6.04 Å². The summed E-state index contributed by atoms with van der Waals surface area (Å²) in [7, 11) is 0. The third-order valence-corrected chi connectivity index (χ3v) is 1.49. The first kappa shape index (κ1) is 13.1. The minimum Gasteiger partial charge on any atom is -0.351 e. The molecule has 82 valence electrons. The van der Waals surface area contributed by atoms with Crippen molar-refractivity contribution in [2.45, 2.75) is 26.8 Å². The van der Waals surface area contributed by atoms with Crippen LogP contribution in [0.2, 0.25) is 0 Å². The second-order valence-corrected chi connectivity index (χ2v) is 3.58. The largest absolute Gasteiger partial charge is 0.351 e. The SMILES string of the molecule is C=CCNC(=O)C(C)NOCC(C)C. The van der Waals surface area contributed by atoms with Crippen molar-refractivity contribution in [2.24, 2.45) is 5.92 Å². The molecule has 0 fully saturated rings. The van der Waals surface area contributed by atoms with Crippen molar-refractivity contribution in [1.29, 1.82) is 0 Å². The minimum absolute atomic E-state index is 0.0892. The highest BCUT2D eigenvalue weighted by Gasteiger charge is 2.10. The van der Waals surface area contributed by atoms with E-state index in [1.807, 2.05) is 13.8 Å². The van der Waals surface area contributed by atoms with Gasteiger partial charge in [0, 0.05) is 6.54 Å². The summed E-state index contributed by atoms with van der Waals surface area (Å²) in [6.45, 7) is 10.4. The van der Waals surface area contributed by atoms with E-state index in [0.29, 0.717) is 19.1 Å². The Morgan fingerprint density at radius 2 is 2.14 bits per heavy atom. The Bertz CT molecular complexity index is 181. The Morgan fingerprint density at radius 1 is 1.50 bits per heavy atom. The fourth-order valence-electron chi connectivity index (χ4n) is 0.719. The topological polar surface area (TPSA) is 50.4 Å². The molecule has 0 aromatic heterocycles. The van der Waals surface area contributed by atoms with E-state index in [0.717, 1.165) is 0 Å². The van der Waals surface area contributed by atoms with Crippen molar-refractivity contribution >= 4 is 5.91 Å². The number of hydroxylamine groups is 1. The van der Waals surface area contributed by atoms with Crippen LogP contribution in [0.5, 0.6) is 0 Å². The lowest BCUT2D eigenvalue weighted by molar-refractivity contribution is -0.127. The smallest absolute Gasteiger partial charge is 0.239 e. The monoisotopic (exact) mass is 200 g/mol. The molecule has 1 amide bonds. The van der Waals surface area contributed by atoms with Crippen molar-refractivity contribution < 1.29 is 9.63 Å². The molecule has 4 heteroatoms. The molecule has 0 aliphatic heterocycles. The highest BCUT2D eigenvalue weighted by Crippen LogP contribution is 1.91. The fourth-order valence-corrected chi connectivity index (χ4v) is 0.719. The maximum atomic E-state index is 11.3. The van der Waals surface area contributed by atoms with Crippen LogP contribution in [0, 0.1) is 5.92 Å². The third-order valence-electron chi connectivity index (χ3n) is 1.49. The third kappa shape index (κ3) is 6.62. The molecule has 14 heavy (non-hydrogen) atoms. The zero-order valence-electron chi connectivity index (χ0n) is 9.17. The van der Waals surface area contributed by atoms with Gasteiger partial charge in [0.15, 0.2) is 0 Å². The average molecular weight is 200 g/mol. The predicted molar refractivity (Wildman–Crippen MR) is 56.6 cm³/mol. The van der Waals surface area contributed by atoms with Gasteiger partial charge in [-0.1, -0.05) is 19.9 Å². The van der Waals surface area contributed by atoms with Crippen LogP contribution < -0.4 is 10.8 Å². The van der Waals surface area contributed by atoms with Crippen molar-refractivity contribution in [2.75, 3.05) is 13.2 Å². The summed E-state index contributed by atoms with van der Waals surface area (Å²) in [4.78, 5) is 16.4. The Morgan fingerprint density at radius 3 is 2.64 bits per heavy atom. The molecular weight excluding hydrogens is 180 g/mol. The molecule has 2 N–H and O–H groups in total. The van der Waals surface area contributed by atoms with Crippen molar-refractivity contribution in [1.82, 2.24) is 10.8 Å². The van der Waals surface area contributed by atoms with Crippen LogP contribution in [0.15, 0.2) is 12.7 Å². The molecule has 0 saturated heterocycles. The first-order chi connectivity index (χ1) is 6.57. The molecule has 0 rings (SSSR count). The van der Waals surface area contributed by atoms with Gasteiger partial charge in [-0.2, -0.15) is 5.48 Å². The molecule has 1 unspecified atom stereocenters. The lowest BCUT2D eigenvalue weighted by atomic mass is 10.2. The van der Waals surface area contributed by atoms with Crippen molar-refractivity contribution in [3.63, 3.8) is 0 Å². The molecule has 0 spiro atoms. The van der Waals surface area contributed by atoms with Crippen LogP contribution in [0.25, 0.3) is 0 Å². The first-order valence-corrected chi connectivity index (χ1v) is 4.83. The second-order valence-electron chi connectivity index (χ2n) is 3.58. The van der Waals surface area contributed by atoms with Gasteiger partial charge in [0.2, 0.25) is 5.91 Å². The van der Waals surface area contributed by atoms with Crippen LogP contribution in [0.4, 0.5) is 0 Å². The zero-order valence-corrected chi connectivity index (χ0v) is 9.17. The van der Waals surface area contributed by atoms with Crippen LogP contribution in [-0.4, -0.2) is 25.1 Å². The molecule has 0 aromatic rings. The van der Waals surface area contributed by atoms with E-state index in [2.05, 4.69) is 17.4 Å². The predicted octanol–water partition coefficient (Wildman–Crippen LogP) is 0.854. The summed E-state index contributed by atoms with van der Waals surface area (Å²) >= 11 is 0. The van der Waals surface area contributed by atoms with E-state index in [1.54, 1.807) is 13.0 Å². The Balaban J connectivity index is 3.56. The molecule has 0 bridgehead atoms. The summed E-state index contributed by atoms with van der Waals surface area (Å²) in [5.41, 5.74) is 2.68. The number of nitrogens with one attached hydrogen (secondary N) is 2. The van der Waals surface area contributed by atoms with Gasteiger partial charge in [-0.25, -0.2) is 0 Å². The van der Waals surface area contributed by atoms with Gasteiger partial charge in [-0.15, -0.1) is 6.58 Å². The van der Waals surface area contributed by atoms with E-state index >= 15 is 0 Å². The molecule has 0 heterocycles. The van der Waals surface area contributed by atoms with E-state index < -0.39 is 0 Å². The lowest BCUT2D eigenvalue weighted by Crippen LogP contribution is -2.42. The number of hydrogen-bond donors (Lipinski definition) is 2. The normalized spacial score (nSPS) is 12.6. The summed E-state index contributed by atoms with van der Waals surface area (Å²) in [6.07, 6.45) is 1.64. The van der Waals surface area contributed by atoms with Gasteiger partial charge in [-0.3, -0.25) is 4.79 Å². The summed E-state index contributed by atoms with van der Waals surface area (Å²) < 4.78 is 0. The van der Waals surface area contributed by atoms with Crippen LogP contribution in [0.1, 0.15) is 20.8 Å². The molecule has 0 aliphatic carbocycles. The maximum Gasteiger partial charge on any atom is 0.239 e. The van der Waals surface area contributed by atoms with E-state index in [1.165, 1.54) is 0 Å².